The maximum atomic E-state index is 13.4. The molecule has 0 amide bonds. The second-order valence-electron chi connectivity index (χ2n) is 17.9. The van der Waals surface area contributed by atoms with E-state index in [2.05, 4.69) is 57.2 Å². The number of carbonyl (C=O) groups is 3. The standard InChI is InChI=1S/C57H96O6/c1-4-7-10-13-16-19-22-25-28-31-34-37-40-43-48-61-55(58)52-46-47-53(56(59)62-49-44-41-38-35-32-29-26-23-20-17-14-11-8-5-2)54(51-52)57(60)63-50-45-42-39-36-33-30-27-24-21-18-15-12-9-6-3/h4-9,46-47,51H,10-45,48-50H2,1-3H3/b7-4+,8-5+,9-6+. The van der Waals surface area contributed by atoms with Crippen LogP contribution in [0.5, 0.6) is 0 Å². The number of unbranched alkanes of at least 4 members (excludes halogenated alkanes) is 33. The summed E-state index contributed by atoms with van der Waals surface area (Å²) >= 11 is 0. The van der Waals surface area contributed by atoms with Gasteiger partial charge in [-0.1, -0.05) is 210 Å². The molecule has 0 fully saturated rings. The molecule has 0 bridgehead atoms. The van der Waals surface area contributed by atoms with E-state index in [4.69, 9.17) is 14.2 Å². The van der Waals surface area contributed by atoms with E-state index in [1.54, 1.807) is 6.07 Å². The monoisotopic (exact) mass is 877 g/mol. The number of hydrogen-bond donors (Lipinski definition) is 0. The van der Waals surface area contributed by atoms with E-state index in [0.717, 1.165) is 57.8 Å². The number of ether oxygens (including phenoxy) is 3. The smallest absolute Gasteiger partial charge is 0.339 e. The molecule has 6 heteroatoms. The molecule has 0 saturated carbocycles. The Bertz CT molecular complexity index is 1310. The highest BCUT2D eigenvalue weighted by atomic mass is 16.5. The van der Waals surface area contributed by atoms with E-state index >= 15 is 0 Å². The average molecular weight is 877 g/mol. The Labute approximate surface area is 388 Å². The molecule has 0 unspecified atom stereocenters. The summed E-state index contributed by atoms with van der Waals surface area (Å²) in [7, 11) is 0. The third-order valence-electron chi connectivity index (χ3n) is 12.1. The molecule has 0 heterocycles. The van der Waals surface area contributed by atoms with E-state index in [1.807, 2.05) is 0 Å². The summed E-state index contributed by atoms with van der Waals surface area (Å²) in [5, 5.41) is 0. The highest BCUT2D eigenvalue weighted by Crippen LogP contribution is 2.19. The second kappa shape index (κ2) is 45.4. The predicted octanol–water partition coefficient (Wildman–Crippen LogP) is 17.9. The highest BCUT2D eigenvalue weighted by Gasteiger charge is 2.22. The zero-order valence-corrected chi connectivity index (χ0v) is 41.2. The number of benzene rings is 1. The zero-order chi connectivity index (χ0) is 45.5. The second-order valence-corrected chi connectivity index (χ2v) is 17.9. The third-order valence-corrected chi connectivity index (χ3v) is 12.1. The van der Waals surface area contributed by atoms with Crippen molar-refractivity contribution >= 4 is 17.9 Å². The van der Waals surface area contributed by atoms with Gasteiger partial charge in [0.05, 0.1) is 36.5 Å². The number of allylic oxidation sites excluding steroid dienone is 6. The van der Waals surface area contributed by atoms with Crippen LogP contribution in [0.2, 0.25) is 0 Å². The highest BCUT2D eigenvalue weighted by molar-refractivity contribution is 6.05. The molecule has 0 aliphatic heterocycles. The zero-order valence-electron chi connectivity index (χ0n) is 41.2. The van der Waals surface area contributed by atoms with Crippen LogP contribution in [0.4, 0.5) is 0 Å². The number of esters is 3. The van der Waals surface area contributed by atoms with Gasteiger partial charge in [0.2, 0.25) is 0 Å². The minimum Gasteiger partial charge on any atom is -0.462 e. The van der Waals surface area contributed by atoms with E-state index in [0.29, 0.717) is 13.2 Å². The van der Waals surface area contributed by atoms with Crippen LogP contribution in [0.1, 0.15) is 283 Å². The van der Waals surface area contributed by atoms with E-state index in [9.17, 15) is 14.4 Å². The van der Waals surface area contributed by atoms with Crippen LogP contribution in [0, 0.1) is 0 Å². The maximum absolute atomic E-state index is 13.4. The van der Waals surface area contributed by atoms with Gasteiger partial charge in [-0.05, 0) is 96.8 Å². The summed E-state index contributed by atoms with van der Waals surface area (Å²) in [6.07, 6.45) is 56.8. The van der Waals surface area contributed by atoms with Crippen molar-refractivity contribution in [3.05, 3.63) is 71.3 Å². The van der Waals surface area contributed by atoms with Gasteiger partial charge < -0.3 is 14.2 Å². The van der Waals surface area contributed by atoms with E-state index in [-0.39, 0.29) is 23.3 Å². The van der Waals surface area contributed by atoms with E-state index in [1.165, 1.54) is 185 Å². The number of hydrogen-bond acceptors (Lipinski definition) is 6. The van der Waals surface area contributed by atoms with Crippen LogP contribution in [-0.2, 0) is 14.2 Å². The van der Waals surface area contributed by atoms with Gasteiger partial charge >= 0.3 is 17.9 Å². The summed E-state index contributed by atoms with van der Waals surface area (Å²) in [6.45, 7) is 7.19. The van der Waals surface area contributed by atoms with Gasteiger partial charge in [0.15, 0.2) is 0 Å². The molecule has 0 atom stereocenters. The third kappa shape index (κ3) is 35.8. The van der Waals surface area contributed by atoms with Crippen molar-refractivity contribution in [1.82, 2.24) is 0 Å². The molecule has 1 aromatic rings. The SMILES string of the molecule is C/C=C/CCCCCCCCCCCCCOC(=O)c1ccc(C(=O)OCCCCCCCCCCCCC/C=C/C)c(C(=O)OCCCCCCCCCCCCC/C=C/C)c1. The lowest BCUT2D eigenvalue weighted by molar-refractivity contribution is 0.0447. The molecule has 0 aromatic heterocycles. The number of rotatable bonds is 45. The van der Waals surface area contributed by atoms with Gasteiger partial charge in [-0.2, -0.15) is 0 Å². The Balaban J connectivity index is 2.48. The minimum atomic E-state index is -0.597. The van der Waals surface area contributed by atoms with Crippen molar-refractivity contribution in [2.75, 3.05) is 19.8 Å². The van der Waals surface area contributed by atoms with Crippen molar-refractivity contribution in [1.29, 1.82) is 0 Å². The van der Waals surface area contributed by atoms with Crippen molar-refractivity contribution in [2.45, 2.75) is 252 Å². The van der Waals surface area contributed by atoms with Gasteiger partial charge in [-0.15, -0.1) is 0 Å². The summed E-state index contributed by atoms with van der Waals surface area (Å²) in [6, 6.07) is 4.54. The van der Waals surface area contributed by atoms with Crippen LogP contribution in [0.15, 0.2) is 54.7 Å². The lowest BCUT2D eigenvalue weighted by atomic mass is 10.0. The number of carbonyl (C=O) groups excluding carboxylic acids is 3. The summed E-state index contributed by atoms with van der Waals surface area (Å²) in [4.78, 5) is 39.8. The molecule has 0 spiro atoms. The minimum absolute atomic E-state index is 0.0720. The van der Waals surface area contributed by atoms with Gasteiger partial charge in [0.25, 0.3) is 0 Å². The van der Waals surface area contributed by atoms with E-state index < -0.39 is 17.9 Å². The normalized spacial score (nSPS) is 11.7. The summed E-state index contributed by atoms with van der Waals surface area (Å²) < 4.78 is 16.9. The largest absolute Gasteiger partial charge is 0.462 e. The van der Waals surface area contributed by atoms with Gasteiger partial charge in [0, 0.05) is 0 Å². The summed E-state index contributed by atoms with van der Waals surface area (Å²) in [5.41, 5.74) is 0.460. The molecular weight excluding hydrogens is 781 g/mol. The van der Waals surface area contributed by atoms with Crippen LogP contribution in [0.3, 0.4) is 0 Å². The van der Waals surface area contributed by atoms with Crippen LogP contribution < -0.4 is 0 Å². The van der Waals surface area contributed by atoms with Crippen molar-refractivity contribution in [2.24, 2.45) is 0 Å². The lowest BCUT2D eigenvalue weighted by Crippen LogP contribution is -2.17. The molecule has 1 rings (SSSR count). The van der Waals surface area contributed by atoms with Crippen molar-refractivity contribution < 1.29 is 28.6 Å². The lowest BCUT2D eigenvalue weighted by Gasteiger charge is -2.12. The predicted molar refractivity (Wildman–Crippen MR) is 268 cm³/mol. The molecule has 0 N–H and O–H groups in total. The Morgan fingerprint density at radius 1 is 0.333 bits per heavy atom. The maximum Gasteiger partial charge on any atom is 0.339 e. The molecule has 1 aromatic carbocycles. The van der Waals surface area contributed by atoms with Crippen LogP contribution >= 0.6 is 0 Å². The fraction of sp³-hybridized carbons (Fsp3) is 0.737. The van der Waals surface area contributed by atoms with Gasteiger partial charge in [0.1, 0.15) is 0 Å². The molecular formula is C57H96O6. The first kappa shape index (κ1) is 57.9. The Kier molecular flexibility index (Phi) is 41.7. The van der Waals surface area contributed by atoms with Gasteiger partial charge in [-0.3, -0.25) is 0 Å². The Morgan fingerprint density at radius 2 is 0.587 bits per heavy atom. The van der Waals surface area contributed by atoms with Crippen LogP contribution in [0.25, 0.3) is 0 Å². The van der Waals surface area contributed by atoms with Gasteiger partial charge in [-0.25, -0.2) is 14.4 Å². The molecule has 360 valence electrons. The average Bonchev–Trinajstić information content (AvgIpc) is 3.29. The summed E-state index contributed by atoms with van der Waals surface area (Å²) in [5.74, 6) is -1.64. The molecule has 6 nitrogen and oxygen atoms in total. The first-order chi connectivity index (χ1) is 31.0. The molecule has 63 heavy (non-hydrogen) atoms. The first-order valence-electron chi connectivity index (χ1n) is 26.5. The fourth-order valence-electron chi connectivity index (χ4n) is 8.12. The Hall–Kier alpha value is -3.15. The fourth-order valence-corrected chi connectivity index (χ4v) is 8.12. The van der Waals surface area contributed by atoms with Crippen molar-refractivity contribution in [3.8, 4) is 0 Å². The van der Waals surface area contributed by atoms with Crippen LogP contribution in [-0.4, -0.2) is 37.7 Å². The quantitative estimate of drug-likeness (QED) is 0.0281. The Morgan fingerprint density at radius 3 is 0.889 bits per heavy atom. The topological polar surface area (TPSA) is 78.9 Å². The molecule has 0 radical (unpaired) electrons. The van der Waals surface area contributed by atoms with Crippen molar-refractivity contribution in [3.63, 3.8) is 0 Å². The molecule has 0 aliphatic carbocycles. The molecule has 0 saturated heterocycles. The first-order valence-corrected chi connectivity index (χ1v) is 26.5. The molecule has 0 aliphatic rings.